The fourth-order valence-corrected chi connectivity index (χ4v) is 1.31. The predicted molar refractivity (Wildman–Crippen MR) is 64.8 cm³/mol. The van der Waals surface area contributed by atoms with Crippen molar-refractivity contribution in [1.29, 1.82) is 0 Å². The molecule has 0 heterocycles. The third-order valence-electron chi connectivity index (χ3n) is 2.06. The van der Waals surface area contributed by atoms with E-state index >= 15 is 0 Å². The SMILES string of the molecule is [Li+].[Li+].[Li].[c-]1ccccc1COCc1[c-]cccc1. The molecular formula is C14H12Li3O. The summed E-state index contributed by atoms with van der Waals surface area (Å²) in [5, 5.41) is 0. The fraction of sp³-hybridized carbons (Fsp3) is 0.143. The Bertz CT molecular complexity index is 353. The molecule has 0 fully saturated rings. The Morgan fingerprint density at radius 3 is 1.56 bits per heavy atom. The van der Waals surface area contributed by atoms with Crippen LogP contribution in [0.1, 0.15) is 11.1 Å². The maximum atomic E-state index is 5.54. The molecule has 2 rings (SSSR count). The third kappa shape index (κ3) is 7.59. The summed E-state index contributed by atoms with van der Waals surface area (Å²) in [5.41, 5.74) is 2.15. The molecule has 0 aromatic heterocycles. The van der Waals surface area contributed by atoms with Crippen molar-refractivity contribution in [2.75, 3.05) is 0 Å². The monoisotopic (exact) mass is 217 g/mol. The Morgan fingerprint density at radius 1 is 0.778 bits per heavy atom. The Kier molecular flexibility index (Phi) is 13.9. The van der Waals surface area contributed by atoms with Gasteiger partial charge in [-0.25, -0.2) is 0 Å². The predicted octanol–water partition coefficient (Wildman–Crippen LogP) is -3.37. The van der Waals surface area contributed by atoms with Crippen LogP contribution >= 0.6 is 0 Å². The third-order valence-corrected chi connectivity index (χ3v) is 2.06. The van der Waals surface area contributed by atoms with Crippen molar-refractivity contribution < 1.29 is 42.5 Å². The average molecular weight is 217 g/mol. The molecule has 4 heteroatoms. The fourth-order valence-electron chi connectivity index (χ4n) is 1.31. The van der Waals surface area contributed by atoms with Crippen molar-refractivity contribution in [3.63, 3.8) is 0 Å². The summed E-state index contributed by atoms with van der Waals surface area (Å²) in [6, 6.07) is 21.9. The van der Waals surface area contributed by atoms with E-state index in [1.807, 2.05) is 48.5 Å². The van der Waals surface area contributed by atoms with Gasteiger partial charge < -0.3 is 4.74 Å². The molecule has 77 valence electrons. The van der Waals surface area contributed by atoms with Crippen molar-refractivity contribution in [3.05, 3.63) is 71.8 Å². The normalized spacial score (nSPS) is 8.44. The second-order valence-electron chi connectivity index (χ2n) is 3.27. The Balaban J connectivity index is 0. The van der Waals surface area contributed by atoms with Gasteiger partial charge in [-0.3, -0.25) is 0 Å². The molecule has 1 nitrogen and oxygen atoms in total. The van der Waals surface area contributed by atoms with E-state index in [4.69, 9.17) is 4.74 Å². The molecule has 1 radical (unpaired) electrons. The molecule has 0 amide bonds. The van der Waals surface area contributed by atoms with Crippen LogP contribution in [0.4, 0.5) is 0 Å². The molecule has 0 spiro atoms. The topological polar surface area (TPSA) is 9.23 Å². The van der Waals surface area contributed by atoms with Crippen LogP contribution in [0.25, 0.3) is 0 Å². The Morgan fingerprint density at radius 2 is 1.22 bits per heavy atom. The quantitative estimate of drug-likeness (QED) is 0.384. The molecule has 0 bridgehead atoms. The van der Waals surface area contributed by atoms with Crippen molar-refractivity contribution in [3.8, 4) is 0 Å². The van der Waals surface area contributed by atoms with Crippen LogP contribution in [0, 0.1) is 12.1 Å². The summed E-state index contributed by atoms with van der Waals surface area (Å²) in [6.07, 6.45) is 0. The molecule has 0 aliphatic carbocycles. The molecule has 2 aromatic carbocycles. The van der Waals surface area contributed by atoms with Gasteiger partial charge in [-0.15, -0.1) is 11.1 Å². The molecule has 0 saturated carbocycles. The first kappa shape index (κ1) is 20.5. The van der Waals surface area contributed by atoms with Gasteiger partial charge in [-0.1, -0.05) is 0 Å². The first-order chi connectivity index (χ1) is 7.45. The van der Waals surface area contributed by atoms with E-state index in [2.05, 4.69) is 12.1 Å². The summed E-state index contributed by atoms with van der Waals surface area (Å²) in [7, 11) is 0. The number of benzene rings is 2. The van der Waals surface area contributed by atoms with Crippen LogP contribution in [0.15, 0.2) is 48.5 Å². The molecular weight excluding hydrogens is 205 g/mol. The van der Waals surface area contributed by atoms with E-state index in [1.54, 1.807) is 0 Å². The van der Waals surface area contributed by atoms with Crippen molar-refractivity contribution >= 4 is 18.9 Å². The summed E-state index contributed by atoms with van der Waals surface area (Å²) in [6.45, 7) is 1.20. The van der Waals surface area contributed by atoms with Gasteiger partial charge in [-0.2, -0.15) is 60.7 Å². The second kappa shape index (κ2) is 12.2. The summed E-state index contributed by atoms with van der Waals surface area (Å²) in [4.78, 5) is 0. The number of ether oxygens (including phenoxy) is 1. The van der Waals surface area contributed by atoms with Gasteiger partial charge in [0.25, 0.3) is 0 Å². The molecule has 0 aliphatic rings. The Hall–Kier alpha value is 0.192. The van der Waals surface area contributed by atoms with Gasteiger partial charge in [0, 0.05) is 32.1 Å². The summed E-state index contributed by atoms with van der Waals surface area (Å²) in [5.74, 6) is 0. The molecule has 18 heavy (non-hydrogen) atoms. The molecule has 2 aromatic rings. The van der Waals surface area contributed by atoms with Gasteiger partial charge in [0.1, 0.15) is 0 Å². The van der Waals surface area contributed by atoms with Crippen molar-refractivity contribution in [1.82, 2.24) is 0 Å². The summed E-state index contributed by atoms with van der Waals surface area (Å²) < 4.78 is 5.54. The first-order valence-corrected chi connectivity index (χ1v) is 4.94. The molecule has 0 unspecified atom stereocenters. The van der Waals surface area contributed by atoms with Gasteiger partial charge in [0.15, 0.2) is 0 Å². The minimum absolute atomic E-state index is 0. The number of hydrogen-bond acceptors (Lipinski definition) is 1. The Labute approximate surface area is 145 Å². The van der Waals surface area contributed by atoms with Gasteiger partial charge in [-0.05, 0) is 0 Å². The van der Waals surface area contributed by atoms with Crippen LogP contribution in [0.3, 0.4) is 0 Å². The molecule has 0 N–H and O–H groups in total. The zero-order chi connectivity index (χ0) is 10.3. The van der Waals surface area contributed by atoms with Crippen LogP contribution < -0.4 is 37.7 Å². The van der Waals surface area contributed by atoms with Crippen molar-refractivity contribution in [2.45, 2.75) is 13.2 Å². The van der Waals surface area contributed by atoms with E-state index < -0.39 is 0 Å². The number of rotatable bonds is 4. The maximum absolute atomic E-state index is 5.54. The maximum Gasteiger partial charge on any atom is 1.00 e. The summed E-state index contributed by atoms with van der Waals surface area (Å²) >= 11 is 0. The molecule has 0 atom stereocenters. The zero-order valence-electron chi connectivity index (χ0n) is 11.4. The van der Waals surface area contributed by atoms with E-state index in [0.717, 1.165) is 11.1 Å². The smallest absolute Gasteiger partial charge is 0.376 e. The van der Waals surface area contributed by atoms with Crippen LogP contribution in [0.2, 0.25) is 0 Å². The number of hydrogen-bond donors (Lipinski definition) is 0. The zero-order valence-corrected chi connectivity index (χ0v) is 11.4. The van der Waals surface area contributed by atoms with Gasteiger partial charge in [0.2, 0.25) is 0 Å². The van der Waals surface area contributed by atoms with Crippen LogP contribution in [-0.4, -0.2) is 18.9 Å². The first-order valence-electron chi connectivity index (χ1n) is 4.94. The molecule has 0 aliphatic heterocycles. The van der Waals surface area contributed by atoms with E-state index in [1.165, 1.54) is 0 Å². The minimum atomic E-state index is 0. The minimum Gasteiger partial charge on any atom is -0.376 e. The largest absolute Gasteiger partial charge is 1.00 e. The van der Waals surface area contributed by atoms with Gasteiger partial charge in [0.05, 0.1) is 0 Å². The van der Waals surface area contributed by atoms with Gasteiger partial charge >= 0.3 is 37.7 Å². The second-order valence-corrected chi connectivity index (χ2v) is 3.27. The van der Waals surface area contributed by atoms with E-state index in [9.17, 15) is 0 Å². The van der Waals surface area contributed by atoms with Crippen molar-refractivity contribution in [2.24, 2.45) is 0 Å². The molecule has 0 saturated heterocycles. The standard InChI is InChI=1S/C14H12O.3Li/c1-3-7-13(8-4-1)11-15-12-14-9-5-2-6-10-14;;;/h1-7,9H,11-12H2;;;/q-2;;2*+1. The van der Waals surface area contributed by atoms with E-state index in [-0.39, 0.29) is 56.6 Å². The average Bonchev–Trinajstić information content (AvgIpc) is 2.32. The van der Waals surface area contributed by atoms with E-state index in [0.29, 0.717) is 13.2 Å². The van der Waals surface area contributed by atoms with Crippen LogP contribution in [-0.2, 0) is 18.0 Å². The van der Waals surface area contributed by atoms with Crippen LogP contribution in [0.5, 0.6) is 0 Å².